The number of carboxylic acid groups (broad SMARTS) is 1. The van der Waals surface area contributed by atoms with E-state index in [1.165, 1.54) is 12.3 Å². The standard InChI is InChI=1S/C14H17F3N2O2/c15-14(16,17)11-2-1-7-18-13(11)19-8-5-10(6-9-19)3-4-12(20)21/h1-2,7,10H,3-6,8-9H2,(H,20,21). The van der Waals surface area contributed by atoms with E-state index in [0.717, 1.165) is 6.07 Å². The summed E-state index contributed by atoms with van der Waals surface area (Å²) in [5.74, 6) is -0.599. The third kappa shape index (κ3) is 4.09. The molecule has 1 aromatic heterocycles. The molecule has 2 rings (SSSR count). The van der Waals surface area contributed by atoms with Gasteiger partial charge in [0.05, 0.1) is 5.56 Å². The van der Waals surface area contributed by atoms with Crippen LogP contribution in [-0.2, 0) is 11.0 Å². The van der Waals surface area contributed by atoms with Crippen LogP contribution in [0.15, 0.2) is 18.3 Å². The van der Waals surface area contributed by atoms with Crippen LogP contribution in [0.3, 0.4) is 0 Å². The van der Waals surface area contributed by atoms with Gasteiger partial charge in [-0.25, -0.2) is 4.98 Å². The molecule has 1 aliphatic heterocycles. The van der Waals surface area contributed by atoms with Gasteiger partial charge in [0.1, 0.15) is 5.82 Å². The monoisotopic (exact) mass is 302 g/mol. The molecule has 0 amide bonds. The van der Waals surface area contributed by atoms with Gasteiger partial charge in [-0.3, -0.25) is 4.79 Å². The normalized spacial score (nSPS) is 17.0. The highest BCUT2D eigenvalue weighted by Gasteiger charge is 2.36. The molecule has 0 aliphatic carbocycles. The minimum absolute atomic E-state index is 0.0262. The van der Waals surface area contributed by atoms with Crippen molar-refractivity contribution in [3.63, 3.8) is 0 Å². The molecule has 21 heavy (non-hydrogen) atoms. The van der Waals surface area contributed by atoms with Crippen molar-refractivity contribution in [3.05, 3.63) is 23.9 Å². The first-order chi connectivity index (χ1) is 9.88. The van der Waals surface area contributed by atoms with Crippen molar-refractivity contribution < 1.29 is 23.1 Å². The van der Waals surface area contributed by atoms with E-state index in [2.05, 4.69) is 4.98 Å². The summed E-state index contributed by atoms with van der Waals surface area (Å²) < 4.78 is 38.9. The lowest BCUT2D eigenvalue weighted by molar-refractivity contribution is -0.138. The maximum atomic E-state index is 13.0. The van der Waals surface area contributed by atoms with Crippen molar-refractivity contribution in [2.45, 2.75) is 31.9 Å². The summed E-state index contributed by atoms with van der Waals surface area (Å²) in [6, 6.07) is 2.32. The lowest BCUT2D eigenvalue weighted by Crippen LogP contribution is -2.35. The number of rotatable bonds is 4. The summed E-state index contributed by atoms with van der Waals surface area (Å²) in [5, 5.41) is 8.65. The number of aromatic nitrogens is 1. The predicted octanol–water partition coefficient (Wildman–Crippen LogP) is 3.18. The van der Waals surface area contributed by atoms with Crippen LogP contribution in [0, 0.1) is 5.92 Å². The lowest BCUT2D eigenvalue weighted by atomic mass is 9.92. The van der Waals surface area contributed by atoms with Crippen LogP contribution in [0.5, 0.6) is 0 Å². The Hall–Kier alpha value is -1.79. The number of halogens is 3. The number of piperidine rings is 1. The highest BCUT2D eigenvalue weighted by Crippen LogP contribution is 2.36. The average molecular weight is 302 g/mol. The van der Waals surface area contributed by atoms with E-state index >= 15 is 0 Å². The van der Waals surface area contributed by atoms with Crippen molar-refractivity contribution in [1.29, 1.82) is 0 Å². The molecule has 1 N–H and O–H groups in total. The van der Waals surface area contributed by atoms with Gasteiger partial charge in [-0.05, 0) is 37.3 Å². The van der Waals surface area contributed by atoms with Gasteiger partial charge in [0.25, 0.3) is 0 Å². The Balaban J connectivity index is 2.01. The Morgan fingerprint density at radius 1 is 1.38 bits per heavy atom. The number of nitrogens with zero attached hydrogens (tertiary/aromatic N) is 2. The molecule has 4 nitrogen and oxygen atoms in total. The fourth-order valence-electron chi connectivity index (χ4n) is 2.63. The highest BCUT2D eigenvalue weighted by atomic mass is 19.4. The number of pyridine rings is 1. The first-order valence-corrected chi connectivity index (χ1v) is 6.87. The van der Waals surface area contributed by atoms with E-state index in [0.29, 0.717) is 32.4 Å². The molecule has 0 saturated carbocycles. The van der Waals surface area contributed by atoms with Crippen LogP contribution in [-0.4, -0.2) is 29.1 Å². The molecule has 1 saturated heterocycles. The molecular weight excluding hydrogens is 285 g/mol. The van der Waals surface area contributed by atoms with E-state index in [-0.39, 0.29) is 18.2 Å². The van der Waals surface area contributed by atoms with E-state index in [1.54, 1.807) is 4.90 Å². The molecule has 116 valence electrons. The maximum Gasteiger partial charge on any atom is 0.419 e. The zero-order chi connectivity index (χ0) is 15.5. The SMILES string of the molecule is O=C(O)CCC1CCN(c2ncccc2C(F)(F)F)CC1. The Labute approximate surface area is 120 Å². The van der Waals surface area contributed by atoms with Gasteiger partial charge in [-0.15, -0.1) is 0 Å². The van der Waals surface area contributed by atoms with E-state index in [9.17, 15) is 18.0 Å². The number of anilines is 1. The van der Waals surface area contributed by atoms with Gasteiger partial charge < -0.3 is 10.0 Å². The number of carbonyl (C=O) groups is 1. The van der Waals surface area contributed by atoms with Crippen LogP contribution >= 0.6 is 0 Å². The van der Waals surface area contributed by atoms with Gasteiger partial charge in [-0.1, -0.05) is 0 Å². The molecule has 1 aromatic rings. The first-order valence-electron chi connectivity index (χ1n) is 6.87. The topological polar surface area (TPSA) is 53.4 Å². The summed E-state index contributed by atoms with van der Waals surface area (Å²) in [6.45, 7) is 0.953. The number of alkyl halides is 3. The molecule has 0 unspecified atom stereocenters. The maximum absolute atomic E-state index is 13.0. The van der Waals surface area contributed by atoms with Gasteiger partial charge >= 0.3 is 12.1 Å². The molecule has 0 radical (unpaired) electrons. The lowest BCUT2D eigenvalue weighted by Gasteiger charge is -2.33. The Morgan fingerprint density at radius 2 is 2.05 bits per heavy atom. The molecule has 1 aliphatic rings. The highest BCUT2D eigenvalue weighted by molar-refractivity contribution is 5.66. The zero-order valence-electron chi connectivity index (χ0n) is 11.4. The molecule has 0 spiro atoms. The smallest absolute Gasteiger partial charge is 0.419 e. The Bertz CT molecular complexity index is 497. The van der Waals surface area contributed by atoms with E-state index < -0.39 is 17.7 Å². The third-order valence-electron chi connectivity index (χ3n) is 3.77. The van der Waals surface area contributed by atoms with E-state index in [4.69, 9.17) is 5.11 Å². The van der Waals surface area contributed by atoms with Crippen molar-refractivity contribution in [3.8, 4) is 0 Å². The van der Waals surface area contributed by atoms with Crippen LogP contribution in [0.25, 0.3) is 0 Å². The van der Waals surface area contributed by atoms with Crippen LogP contribution in [0.2, 0.25) is 0 Å². The molecule has 7 heteroatoms. The summed E-state index contributed by atoms with van der Waals surface area (Å²) in [7, 11) is 0. The van der Waals surface area contributed by atoms with Crippen molar-refractivity contribution in [2.75, 3.05) is 18.0 Å². The quantitative estimate of drug-likeness (QED) is 0.928. The van der Waals surface area contributed by atoms with E-state index in [1.807, 2.05) is 0 Å². The molecule has 2 heterocycles. The molecule has 0 bridgehead atoms. The average Bonchev–Trinajstić information content (AvgIpc) is 2.45. The summed E-state index contributed by atoms with van der Waals surface area (Å²) >= 11 is 0. The second kappa shape index (κ2) is 6.32. The predicted molar refractivity (Wildman–Crippen MR) is 71.0 cm³/mol. The van der Waals surface area contributed by atoms with Crippen molar-refractivity contribution >= 4 is 11.8 Å². The Kier molecular flexibility index (Phi) is 4.69. The molecule has 0 aromatic carbocycles. The number of hydrogen-bond acceptors (Lipinski definition) is 3. The van der Waals surface area contributed by atoms with Gasteiger partial charge in [-0.2, -0.15) is 13.2 Å². The summed E-state index contributed by atoms with van der Waals surface area (Å²) in [4.78, 5) is 16.1. The van der Waals surface area contributed by atoms with Crippen LogP contribution in [0.4, 0.5) is 19.0 Å². The number of aliphatic carboxylic acids is 1. The van der Waals surface area contributed by atoms with Gasteiger partial charge in [0.2, 0.25) is 0 Å². The second-order valence-corrected chi connectivity index (χ2v) is 5.24. The molecule has 0 atom stereocenters. The molecule has 1 fully saturated rings. The first kappa shape index (κ1) is 15.6. The summed E-state index contributed by atoms with van der Waals surface area (Å²) in [6.07, 6.45) is -0.966. The third-order valence-corrected chi connectivity index (χ3v) is 3.77. The van der Waals surface area contributed by atoms with Crippen LogP contribution in [0.1, 0.15) is 31.2 Å². The number of hydrogen-bond donors (Lipinski definition) is 1. The van der Waals surface area contributed by atoms with Crippen molar-refractivity contribution in [2.24, 2.45) is 5.92 Å². The minimum atomic E-state index is -4.41. The van der Waals surface area contributed by atoms with Gasteiger partial charge in [0, 0.05) is 25.7 Å². The fourth-order valence-corrected chi connectivity index (χ4v) is 2.63. The number of carboxylic acids is 1. The second-order valence-electron chi connectivity index (χ2n) is 5.24. The Morgan fingerprint density at radius 3 is 2.62 bits per heavy atom. The van der Waals surface area contributed by atoms with Crippen molar-refractivity contribution in [1.82, 2.24) is 4.98 Å². The summed E-state index contributed by atoms with van der Waals surface area (Å²) in [5.41, 5.74) is -0.714. The minimum Gasteiger partial charge on any atom is -0.481 e. The van der Waals surface area contributed by atoms with Gasteiger partial charge in [0.15, 0.2) is 0 Å². The van der Waals surface area contributed by atoms with Crippen LogP contribution < -0.4 is 4.90 Å². The zero-order valence-corrected chi connectivity index (χ0v) is 11.4. The largest absolute Gasteiger partial charge is 0.481 e. The molecular formula is C14H17F3N2O2. The fraction of sp³-hybridized carbons (Fsp3) is 0.571.